The molecule has 0 N–H and O–H groups in total. The Bertz CT molecular complexity index is 21.6. The van der Waals surface area contributed by atoms with Gasteiger partial charge >= 0.3 is 57.8 Å². The fraction of sp³-hybridized carbons (Fsp3) is 1.00. The van der Waals surface area contributed by atoms with E-state index in [1.54, 1.807) is 0 Å². The minimum atomic E-state index is 0.289. The number of rotatable bonds is 1. The molecule has 0 aromatic carbocycles. The summed E-state index contributed by atoms with van der Waals surface area (Å²) in [6.07, 6.45) is 0. The molecular weight excluding hydrogens is 302 g/mol. The van der Waals surface area contributed by atoms with Crippen molar-refractivity contribution in [2.45, 2.75) is 2.94 Å². The molecule has 0 aliphatic heterocycles. The molecule has 3 heteroatoms. The van der Waals surface area contributed by atoms with Crippen LogP contribution in [-0.4, -0.2) is 34.6 Å². The molecule has 0 fully saturated rings. The third kappa shape index (κ3) is 5.50. The fourth-order valence-corrected chi connectivity index (χ4v) is 0. The number of hydrogen-bond donors (Lipinski definition) is 0. The van der Waals surface area contributed by atoms with Crippen LogP contribution in [0.15, 0.2) is 0 Å². The molecule has 0 rings (SSSR count). The van der Waals surface area contributed by atoms with Crippen LogP contribution in [0, 0.1) is 0 Å². The fourth-order valence-electron chi connectivity index (χ4n) is 0. The molecular formula is C2H4Cl2Pb. The monoisotopic (exact) mass is 306 g/mol. The van der Waals surface area contributed by atoms with Crippen LogP contribution < -0.4 is 0 Å². The van der Waals surface area contributed by atoms with Crippen molar-refractivity contribution in [2.75, 3.05) is 5.88 Å². The third-order valence-corrected chi connectivity index (χ3v) is 2.87. The molecule has 0 aliphatic carbocycles. The van der Waals surface area contributed by atoms with E-state index >= 15 is 0 Å². The third-order valence-electron chi connectivity index (χ3n) is 0.147. The summed E-state index contributed by atoms with van der Waals surface area (Å²) in [4.78, 5) is 0. The van der Waals surface area contributed by atoms with Crippen LogP contribution in [0.1, 0.15) is 0 Å². The Kier molecular flexibility index (Phi) is 4.79. The van der Waals surface area contributed by atoms with Gasteiger partial charge in [-0.2, -0.15) is 0 Å². The van der Waals surface area contributed by atoms with Gasteiger partial charge in [0.1, 0.15) is 0 Å². The van der Waals surface area contributed by atoms with Crippen LogP contribution in [0.4, 0.5) is 0 Å². The van der Waals surface area contributed by atoms with Crippen LogP contribution in [-0.2, 0) is 0 Å². The van der Waals surface area contributed by atoms with Gasteiger partial charge in [0.15, 0.2) is 0 Å². The van der Waals surface area contributed by atoms with Crippen molar-refractivity contribution in [1.82, 2.24) is 0 Å². The minimum absolute atomic E-state index is 0.289. The number of hydrogen-bond acceptors (Lipinski definition) is 0. The van der Waals surface area contributed by atoms with Gasteiger partial charge in [-0.25, -0.2) is 0 Å². The quantitative estimate of drug-likeness (QED) is 0.494. The van der Waals surface area contributed by atoms with Gasteiger partial charge in [-0.3, -0.25) is 0 Å². The second kappa shape index (κ2) is 3.68. The van der Waals surface area contributed by atoms with E-state index in [1.165, 1.54) is 0 Å². The summed E-state index contributed by atoms with van der Waals surface area (Å²) in [5.74, 6) is 0.617. The summed E-state index contributed by atoms with van der Waals surface area (Å²) in [7, 11) is 0. The Morgan fingerprint density at radius 1 is 1.80 bits per heavy atom. The topological polar surface area (TPSA) is 0 Å². The van der Waals surface area contributed by atoms with Crippen molar-refractivity contribution >= 4 is 49.0 Å². The zero-order valence-electron chi connectivity index (χ0n) is 2.62. The second-order valence-electron chi connectivity index (χ2n) is 0.670. The van der Waals surface area contributed by atoms with Crippen LogP contribution in [0.25, 0.3) is 0 Å². The maximum absolute atomic E-state index is 5.40. The Morgan fingerprint density at radius 2 is 2.00 bits per heavy atom. The molecule has 5 heavy (non-hydrogen) atoms. The molecule has 2 radical (unpaired) electrons. The van der Waals surface area contributed by atoms with E-state index in [0.717, 1.165) is 25.8 Å². The molecule has 0 nitrogen and oxygen atoms in total. The molecule has 0 bridgehead atoms. The van der Waals surface area contributed by atoms with E-state index in [0.29, 0.717) is 5.88 Å². The maximum atomic E-state index is 5.40. The van der Waals surface area contributed by atoms with Gasteiger partial charge in [-0.15, -0.1) is 0 Å². The predicted molar refractivity (Wildman–Crippen MR) is 27.5 cm³/mol. The summed E-state index contributed by atoms with van der Waals surface area (Å²) < 4.78 is 0.289. The average Bonchev–Trinajstić information content (AvgIpc) is 1.38. The van der Waals surface area contributed by atoms with Gasteiger partial charge in [-0.1, -0.05) is 0 Å². The van der Waals surface area contributed by atoms with Crippen LogP contribution in [0.3, 0.4) is 0 Å². The Labute approximate surface area is 57.5 Å². The number of halogens is 2. The second-order valence-corrected chi connectivity index (χ2v) is 6.31. The van der Waals surface area contributed by atoms with Crippen molar-refractivity contribution in [2.24, 2.45) is 0 Å². The van der Waals surface area contributed by atoms with Gasteiger partial charge in [0.2, 0.25) is 0 Å². The Hall–Kier alpha value is 1.50. The Balaban J connectivity index is 2.54. The van der Waals surface area contributed by atoms with E-state index in [-0.39, 0.29) is 2.94 Å². The molecule has 1 atom stereocenters. The van der Waals surface area contributed by atoms with Crippen molar-refractivity contribution in [3.05, 3.63) is 0 Å². The predicted octanol–water partition coefficient (Wildman–Crippen LogP) is 0.691. The van der Waals surface area contributed by atoms with Crippen LogP contribution in [0.5, 0.6) is 0 Å². The summed E-state index contributed by atoms with van der Waals surface area (Å²) >= 11 is 11.5. The van der Waals surface area contributed by atoms with Crippen molar-refractivity contribution in [1.29, 1.82) is 0 Å². The first-order valence-electron chi connectivity index (χ1n) is 1.23. The molecule has 0 aromatic heterocycles. The first-order valence-corrected chi connectivity index (χ1v) is 4.79. The van der Waals surface area contributed by atoms with Crippen LogP contribution >= 0.6 is 23.2 Å². The molecule has 30 valence electrons. The van der Waals surface area contributed by atoms with E-state index in [1.807, 2.05) is 0 Å². The van der Waals surface area contributed by atoms with Gasteiger partial charge in [0.05, 0.1) is 0 Å². The molecule has 1 unspecified atom stereocenters. The standard InChI is InChI=1S/C2H3Cl2.Pb.H/c3-1-2-4;;/h1H,2H2;;. The molecule has 0 aliphatic rings. The summed E-state index contributed by atoms with van der Waals surface area (Å²) in [6, 6.07) is 0. The molecule has 0 amide bonds. The normalized spacial score (nSPS) is 15.0. The van der Waals surface area contributed by atoms with Crippen molar-refractivity contribution in [3.8, 4) is 0 Å². The molecule has 0 saturated heterocycles. The molecule has 0 spiro atoms. The van der Waals surface area contributed by atoms with Gasteiger partial charge in [-0.05, 0) is 0 Å². The van der Waals surface area contributed by atoms with Gasteiger partial charge in [0, 0.05) is 0 Å². The van der Waals surface area contributed by atoms with E-state index in [4.69, 9.17) is 23.2 Å². The van der Waals surface area contributed by atoms with E-state index in [9.17, 15) is 0 Å². The molecule has 0 aromatic rings. The SMILES string of the molecule is ClC[CH](Cl)[PbH]. The zero-order chi connectivity index (χ0) is 4.28. The summed E-state index contributed by atoms with van der Waals surface area (Å²) in [5, 5.41) is 0. The molecule has 0 heterocycles. The first-order chi connectivity index (χ1) is 2.27. The average molecular weight is 306 g/mol. The summed E-state index contributed by atoms with van der Waals surface area (Å²) in [5.41, 5.74) is 0. The van der Waals surface area contributed by atoms with Gasteiger partial charge in [0.25, 0.3) is 0 Å². The zero-order valence-corrected chi connectivity index (χ0v) is 8.62. The van der Waals surface area contributed by atoms with Gasteiger partial charge < -0.3 is 0 Å². The van der Waals surface area contributed by atoms with Crippen molar-refractivity contribution < 1.29 is 0 Å². The molecule has 0 saturated carbocycles. The van der Waals surface area contributed by atoms with Crippen LogP contribution in [0.2, 0.25) is 0 Å². The summed E-state index contributed by atoms with van der Waals surface area (Å²) in [6.45, 7) is 0. The van der Waals surface area contributed by atoms with E-state index in [2.05, 4.69) is 0 Å². The first kappa shape index (κ1) is 6.50. The number of alkyl halides is 2. The van der Waals surface area contributed by atoms with E-state index < -0.39 is 0 Å². The Morgan fingerprint density at radius 3 is 2.00 bits per heavy atom. The van der Waals surface area contributed by atoms with Crippen molar-refractivity contribution in [3.63, 3.8) is 0 Å².